The molecule has 6 heteroatoms. The second kappa shape index (κ2) is 6.84. The van der Waals surface area contributed by atoms with E-state index < -0.39 is 4.92 Å². The lowest BCUT2D eigenvalue weighted by Gasteiger charge is -2.14. The number of nitro benzene ring substituents is 1. The molecule has 0 saturated carbocycles. The van der Waals surface area contributed by atoms with E-state index in [1.165, 1.54) is 32.0 Å². The van der Waals surface area contributed by atoms with Crippen LogP contribution in [-0.4, -0.2) is 36.0 Å². The number of nitrogens with zero attached hydrogens (tertiary/aromatic N) is 2. The number of benzene rings is 1. The van der Waals surface area contributed by atoms with Crippen LogP contribution >= 0.6 is 11.6 Å². The lowest BCUT2D eigenvalue weighted by Crippen LogP contribution is -2.29. The van der Waals surface area contributed by atoms with Gasteiger partial charge in [0.15, 0.2) is 0 Å². The topological polar surface area (TPSA) is 58.4 Å². The van der Waals surface area contributed by atoms with E-state index in [2.05, 4.69) is 10.2 Å². The van der Waals surface area contributed by atoms with Gasteiger partial charge in [0.1, 0.15) is 5.02 Å². The van der Waals surface area contributed by atoms with E-state index in [1.54, 1.807) is 6.07 Å². The summed E-state index contributed by atoms with van der Waals surface area (Å²) < 4.78 is 0. The number of halogens is 1. The maximum Gasteiger partial charge on any atom is 0.288 e. The summed E-state index contributed by atoms with van der Waals surface area (Å²) in [6.07, 6.45) is 2.59. The summed E-state index contributed by atoms with van der Waals surface area (Å²) in [5.41, 5.74) is 0.859. The van der Waals surface area contributed by atoms with Crippen molar-refractivity contribution in [2.45, 2.75) is 19.4 Å². The summed E-state index contributed by atoms with van der Waals surface area (Å²) in [5.74, 6) is 0. The first-order chi connectivity index (χ1) is 9.16. The lowest BCUT2D eigenvalue weighted by molar-refractivity contribution is -0.384. The van der Waals surface area contributed by atoms with Crippen molar-refractivity contribution >= 4 is 17.3 Å². The van der Waals surface area contributed by atoms with Gasteiger partial charge in [-0.25, -0.2) is 0 Å². The highest BCUT2D eigenvalue weighted by Gasteiger charge is 2.13. The van der Waals surface area contributed by atoms with Gasteiger partial charge in [-0.3, -0.25) is 10.1 Å². The molecule has 0 spiro atoms. The fourth-order valence-electron chi connectivity index (χ4n) is 2.28. The Bertz CT molecular complexity index is 448. The molecule has 19 heavy (non-hydrogen) atoms. The Labute approximate surface area is 117 Å². The predicted octanol–water partition coefficient (Wildman–Crippen LogP) is 2.43. The van der Waals surface area contributed by atoms with Crippen LogP contribution in [-0.2, 0) is 6.54 Å². The van der Waals surface area contributed by atoms with E-state index in [0.717, 1.165) is 18.7 Å². The van der Waals surface area contributed by atoms with E-state index >= 15 is 0 Å². The SMILES string of the molecule is O=[N+]([O-])c1cc(CNCCN2CCCC2)ccc1Cl. The standard InChI is InChI=1S/C13H18ClN3O2/c14-12-4-3-11(9-13(12)17(18)19)10-15-5-8-16-6-1-2-7-16/h3-4,9,15H,1-2,5-8,10H2. The number of nitrogens with one attached hydrogen (secondary N) is 1. The van der Waals surface area contributed by atoms with Gasteiger partial charge in [0.25, 0.3) is 5.69 Å². The molecule has 1 heterocycles. The van der Waals surface area contributed by atoms with Crippen LogP contribution in [0.5, 0.6) is 0 Å². The predicted molar refractivity (Wildman–Crippen MR) is 75.5 cm³/mol. The molecule has 1 aliphatic rings. The van der Waals surface area contributed by atoms with Crippen molar-refractivity contribution in [1.82, 2.24) is 10.2 Å². The molecular weight excluding hydrogens is 266 g/mol. The first-order valence-corrected chi connectivity index (χ1v) is 6.90. The second-order valence-electron chi connectivity index (χ2n) is 4.77. The van der Waals surface area contributed by atoms with Crippen molar-refractivity contribution in [3.63, 3.8) is 0 Å². The molecular formula is C13H18ClN3O2. The van der Waals surface area contributed by atoms with Crippen LogP contribution in [0.3, 0.4) is 0 Å². The maximum atomic E-state index is 10.8. The molecule has 0 aliphatic carbocycles. The number of likely N-dealkylation sites (tertiary alicyclic amines) is 1. The molecule has 0 amide bonds. The normalized spacial score (nSPS) is 15.8. The second-order valence-corrected chi connectivity index (χ2v) is 5.18. The van der Waals surface area contributed by atoms with Crippen LogP contribution in [0.25, 0.3) is 0 Å². The Morgan fingerprint density at radius 2 is 2.11 bits per heavy atom. The quantitative estimate of drug-likeness (QED) is 0.495. The fraction of sp³-hybridized carbons (Fsp3) is 0.538. The number of nitro groups is 1. The molecule has 0 bridgehead atoms. The molecule has 1 fully saturated rings. The Hall–Kier alpha value is -1.17. The van der Waals surface area contributed by atoms with Crippen molar-refractivity contribution in [3.05, 3.63) is 38.9 Å². The van der Waals surface area contributed by atoms with E-state index in [0.29, 0.717) is 6.54 Å². The van der Waals surface area contributed by atoms with Crippen LogP contribution in [0, 0.1) is 10.1 Å². The Morgan fingerprint density at radius 1 is 1.37 bits per heavy atom. The summed E-state index contributed by atoms with van der Waals surface area (Å²) in [5, 5.41) is 14.3. The molecule has 0 atom stereocenters. The van der Waals surface area contributed by atoms with E-state index in [9.17, 15) is 10.1 Å². The first kappa shape index (κ1) is 14.2. The molecule has 0 unspecified atom stereocenters. The van der Waals surface area contributed by atoms with Gasteiger partial charge >= 0.3 is 0 Å². The van der Waals surface area contributed by atoms with Gasteiger partial charge in [0, 0.05) is 25.7 Å². The van der Waals surface area contributed by atoms with Gasteiger partial charge in [0.05, 0.1) is 4.92 Å². The van der Waals surface area contributed by atoms with E-state index in [-0.39, 0.29) is 10.7 Å². The Balaban J connectivity index is 1.79. The molecule has 1 aliphatic heterocycles. The number of hydrogen-bond acceptors (Lipinski definition) is 4. The minimum atomic E-state index is -0.448. The molecule has 1 aromatic carbocycles. The van der Waals surface area contributed by atoms with Crippen molar-refractivity contribution in [2.24, 2.45) is 0 Å². The first-order valence-electron chi connectivity index (χ1n) is 6.53. The minimum absolute atomic E-state index is 0.0273. The third-order valence-electron chi connectivity index (χ3n) is 3.34. The number of rotatable bonds is 6. The van der Waals surface area contributed by atoms with Gasteiger partial charge in [-0.2, -0.15) is 0 Å². The van der Waals surface area contributed by atoms with Crippen molar-refractivity contribution in [3.8, 4) is 0 Å². The van der Waals surface area contributed by atoms with E-state index in [4.69, 9.17) is 11.6 Å². The highest BCUT2D eigenvalue weighted by Crippen LogP contribution is 2.24. The maximum absolute atomic E-state index is 10.8. The molecule has 104 valence electrons. The molecule has 5 nitrogen and oxygen atoms in total. The molecule has 1 N–H and O–H groups in total. The summed E-state index contributed by atoms with van der Waals surface area (Å²) in [6, 6.07) is 4.93. The Kier molecular flexibility index (Phi) is 5.13. The highest BCUT2D eigenvalue weighted by molar-refractivity contribution is 6.32. The molecule has 1 aromatic rings. The average molecular weight is 284 g/mol. The zero-order valence-corrected chi connectivity index (χ0v) is 11.5. The minimum Gasteiger partial charge on any atom is -0.311 e. The summed E-state index contributed by atoms with van der Waals surface area (Å²) in [6.45, 7) is 4.94. The molecule has 1 saturated heterocycles. The van der Waals surface area contributed by atoms with Crippen molar-refractivity contribution in [2.75, 3.05) is 26.2 Å². The summed E-state index contributed by atoms with van der Waals surface area (Å²) >= 11 is 5.77. The smallest absolute Gasteiger partial charge is 0.288 e. The van der Waals surface area contributed by atoms with Gasteiger partial charge in [-0.1, -0.05) is 17.7 Å². The van der Waals surface area contributed by atoms with Gasteiger partial charge in [-0.05, 0) is 37.6 Å². The third kappa shape index (κ3) is 4.16. The summed E-state index contributed by atoms with van der Waals surface area (Å²) in [4.78, 5) is 12.8. The average Bonchev–Trinajstić information content (AvgIpc) is 2.89. The van der Waals surface area contributed by atoms with Crippen LogP contribution in [0.15, 0.2) is 18.2 Å². The van der Waals surface area contributed by atoms with E-state index in [1.807, 2.05) is 6.07 Å². The molecule has 0 radical (unpaired) electrons. The lowest BCUT2D eigenvalue weighted by atomic mass is 10.2. The molecule has 0 aromatic heterocycles. The van der Waals surface area contributed by atoms with Crippen LogP contribution in [0.2, 0.25) is 5.02 Å². The zero-order valence-electron chi connectivity index (χ0n) is 10.8. The van der Waals surface area contributed by atoms with Crippen LogP contribution in [0.4, 0.5) is 5.69 Å². The monoisotopic (exact) mass is 283 g/mol. The van der Waals surface area contributed by atoms with Gasteiger partial charge in [0.2, 0.25) is 0 Å². The van der Waals surface area contributed by atoms with Crippen LogP contribution in [0.1, 0.15) is 18.4 Å². The zero-order chi connectivity index (χ0) is 13.7. The largest absolute Gasteiger partial charge is 0.311 e. The highest BCUT2D eigenvalue weighted by atomic mass is 35.5. The summed E-state index contributed by atoms with van der Waals surface area (Å²) in [7, 11) is 0. The van der Waals surface area contributed by atoms with Crippen LogP contribution < -0.4 is 5.32 Å². The Morgan fingerprint density at radius 3 is 2.79 bits per heavy atom. The van der Waals surface area contributed by atoms with Crippen molar-refractivity contribution < 1.29 is 4.92 Å². The van der Waals surface area contributed by atoms with Gasteiger partial charge < -0.3 is 10.2 Å². The third-order valence-corrected chi connectivity index (χ3v) is 3.66. The fourth-order valence-corrected chi connectivity index (χ4v) is 2.47. The van der Waals surface area contributed by atoms with Crippen molar-refractivity contribution in [1.29, 1.82) is 0 Å². The number of hydrogen-bond donors (Lipinski definition) is 1. The van der Waals surface area contributed by atoms with Gasteiger partial charge in [-0.15, -0.1) is 0 Å². The molecule has 2 rings (SSSR count).